The number of benzene rings is 1. The monoisotopic (exact) mass is 486 g/mol. The molecule has 10 nitrogen and oxygen atoms in total. The summed E-state index contributed by atoms with van der Waals surface area (Å²) in [4.78, 5) is 46.8. The molecular formula is C20H26O10SSi. The van der Waals surface area contributed by atoms with Crippen LogP contribution in [0.15, 0.2) is 18.2 Å². The Kier molecular flexibility index (Phi) is 10.3. The number of thioether (sulfide) groups is 1. The molecule has 0 N–H and O–H groups in total. The van der Waals surface area contributed by atoms with Crippen molar-refractivity contribution >= 4 is 44.4 Å². The Labute approximate surface area is 191 Å². The third-order valence-corrected chi connectivity index (χ3v) is 8.52. The van der Waals surface area contributed by atoms with Crippen LogP contribution in [0.25, 0.3) is 0 Å². The first-order valence-electron chi connectivity index (χ1n) is 9.82. The van der Waals surface area contributed by atoms with Crippen LogP contribution in [0.2, 0.25) is 6.04 Å². The van der Waals surface area contributed by atoms with E-state index < -0.39 is 26.7 Å². The molecule has 32 heavy (non-hydrogen) atoms. The molecule has 0 saturated carbocycles. The second-order valence-electron chi connectivity index (χ2n) is 6.56. The molecule has 0 atom stereocenters. The summed E-state index contributed by atoms with van der Waals surface area (Å²) in [5.74, 6) is -1.20. The maximum absolute atomic E-state index is 12.1. The van der Waals surface area contributed by atoms with Crippen molar-refractivity contribution in [3.63, 3.8) is 0 Å². The van der Waals surface area contributed by atoms with E-state index in [9.17, 15) is 19.2 Å². The molecular weight excluding hydrogens is 460 g/mol. The van der Waals surface area contributed by atoms with E-state index in [0.29, 0.717) is 11.8 Å². The van der Waals surface area contributed by atoms with Crippen molar-refractivity contribution in [3.05, 3.63) is 34.9 Å². The van der Waals surface area contributed by atoms with Crippen LogP contribution in [0.3, 0.4) is 0 Å². The van der Waals surface area contributed by atoms with Crippen LogP contribution < -0.4 is 0 Å². The highest BCUT2D eigenvalue weighted by molar-refractivity contribution is 7.99. The first-order chi connectivity index (χ1) is 15.4. The van der Waals surface area contributed by atoms with E-state index in [2.05, 4.69) is 4.74 Å². The summed E-state index contributed by atoms with van der Waals surface area (Å²) < 4.78 is 30.6. The average molecular weight is 487 g/mol. The largest absolute Gasteiger partial charge is 0.500 e. The first kappa shape index (κ1) is 26.0. The number of esters is 4. The van der Waals surface area contributed by atoms with Gasteiger partial charge in [0, 0.05) is 33.1 Å². The van der Waals surface area contributed by atoms with E-state index in [4.69, 9.17) is 22.8 Å². The summed E-state index contributed by atoms with van der Waals surface area (Å²) in [6.45, 7) is -0.208. The van der Waals surface area contributed by atoms with Crippen LogP contribution in [0.4, 0.5) is 0 Å². The minimum atomic E-state index is -2.55. The number of hydrogen-bond donors (Lipinski definition) is 0. The van der Waals surface area contributed by atoms with E-state index in [-0.39, 0.29) is 42.3 Å². The van der Waals surface area contributed by atoms with Crippen LogP contribution >= 0.6 is 11.8 Å². The van der Waals surface area contributed by atoms with Crippen molar-refractivity contribution in [3.8, 4) is 0 Å². The molecule has 0 bridgehead atoms. The standard InChI is InChI=1S/C20H26O10SSi/c1-25-32(26-2,27-3)12-4-10-31-11-7-17(21)28-8-9-29-18(22)14-5-6-15-16(13-14)20(24)30-19(15)23/h5-6,13H,4,7-12H2,1-3H3. The SMILES string of the molecule is CO[Si](CCCSCCC(=O)OCCOC(=O)c1ccc2c(c1)C(=O)OC2=O)(OC)OC. The van der Waals surface area contributed by atoms with Crippen LogP contribution in [0, 0.1) is 0 Å². The minimum Gasteiger partial charge on any atom is -0.462 e. The summed E-state index contributed by atoms with van der Waals surface area (Å²) in [5.41, 5.74) is 0.226. The van der Waals surface area contributed by atoms with Crippen LogP contribution in [0.1, 0.15) is 43.9 Å². The van der Waals surface area contributed by atoms with Gasteiger partial charge in [-0.25, -0.2) is 14.4 Å². The van der Waals surface area contributed by atoms with Crippen molar-refractivity contribution in [1.82, 2.24) is 0 Å². The summed E-state index contributed by atoms with van der Waals surface area (Å²) in [5, 5.41) is 0. The van der Waals surface area contributed by atoms with Gasteiger partial charge in [0.15, 0.2) is 0 Å². The fourth-order valence-electron chi connectivity index (χ4n) is 2.86. The van der Waals surface area contributed by atoms with Gasteiger partial charge in [0.2, 0.25) is 0 Å². The van der Waals surface area contributed by atoms with Gasteiger partial charge >= 0.3 is 32.7 Å². The minimum absolute atomic E-state index is 0.0214. The molecule has 176 valence electrons. The molecule has 1 heterocycles. The summed E-state index contributed by atoms with van der Waals surface area (Å²) in [7, 11) is 2.17. The van der Waals surface area contributed by atoms with Gasteiger partial charge < -0.3 is 27.5 Å². The van der Waals surface area contributed by atoms with Gasteiger partial charge in [-0.3, -0.25) is 4.79 Å². The third kappa shape index (κ3) is 7.13. The number of cyclic esters (lactones) is 2. The summed E-state index contributed by atoms with van der Waals surface area (Å²) in [6, 6.07) is 4.63. The van der Waals surface area contributed by atoms with Gasteiger partial charge in [0.05, 0.1) is 23.1 Å². The molecule has 0 spiro atoms. The van der Waals surface area contributed by atoms with Gasteiger partial charge in [0.1, 0.15) is 13.2 Å². The van der Waals surface area contributed by atoms with Gasteiger partial charge in [0.25, 0.3) is 0 Å². The molecule has 0 amide bonds. The Balaban J connectivity index is 1.58. The fourth-order valence-corrected chi connectivity index (χ4v) is 5.70. The van der Waals surface area contributed by atoms with E-state index in [1.54, 1.807) is 33.1 Å². The van der Waals surface area contributed by atoms with E-state index >= 15 is 0 Å². The Bertz CT molecular complexity index is 831. The molecule has 1 aliphatic rings. The highest BCUT2D eigenvalue weighted by atomic mass is 32.2. The fraction of sp³-hybridized carbons (Fsp3) is 0.500. The highest BCUT2D eigenvalue weighted by Gasteiger charge is 2.36. The Morgan fingerprint density at radius 3 is 2.28 bits per heavy atom. The predicted molar refractivity (Wildman–Crippen MR) is 116 cm³/mol. The second-order valence-corrected chi connectivity index (χ2v) is 10.9. The van der Waals surface area contributed by atoms with Crippen LogP contribution in [-0.4, -0.2) is 78.7 Å². The molecule has 12 heteroatoms. The zero-order valence-corrected chi connectivity index (χ0v) is 20.0. The number of carbonyl (C=O) groups is 4. The van der Waals surface area contributed by atoms with Gasteiger partial charge in [-0.2, -0.15) is 11.8 Å². The molecule has 0 aromatic heterocycles. The van der Waals surface area contributed by atoms with Crippen LogP contribution in [-0.2, 0) is 32.3 Å². The number of hydrogen-bond acceptors (Lipinski definition) is 11. The molecule has 1 aromatic carbocycles. The lowest BCUT2D eigenvalue weighted by Gasteiger charge is -2.24. The third-order valence-electron chi connectivity index (χ3n) is 4.62. The Hall–Kier alpha value is -2.25. The molecule has 1 aliphatic heterocycles. The summed E-state index contributed by atoms with van der Waals surface area (Å²) >= 11 is 1.61. The molecule has 1 aromatic rings. The maximum Gasteiger partial charge on any atom is 0.500 e. The average Bonchev–Trinajstić information content (AvgIpc) is 3.09. The lowest BCUT2D eigenvalue weighted by atomic mass is 10.1. The zero-order valence-electron chi connectivity index (χ0n) is 18.2. The van der Waals surface area contributed by atoms with Crippen LogP contribution in [0.5, 0.6) is 0 Å². The Morgan fingerprint density at radius 2 is 1.59 bits per heavy atom. The topological polar surface area (TPSA) is 124 Å². The molecule has 0 radical (unpaired) electrons. The zero-order chi connectivity index (χ0) is 23.6. The van der Waals surface area contributed by atoms with E-state index in [1.807, 2.05) is 0 Å². The number of carbonyl (C=O) groups excluding carboxylic acids is 4. The van der Waals surface area contributed by atoms with Crippen molar-refractivity contribution in [2.24, 2.45) is 0 Å². The summed E-state index contributed by atoms with van der Waals surface area (Å²) in [6.07, 6.45) is 1.08. The van der Waals surface area contributed by atoms with Gasteiger partial charge in [-0.1, -0.05) is 0 Å². The molecule has 0 unspecified atom stereocenters. The molecule has 2 rings (SSSR count). The highest BCUT2D eigenvalue weighted by Crippen LogP contribution is 2.21. The number of rotatable bonds is 14. The van der Waals surface area contributed by atoms with Crippen molar-refractivity contribution < 1.29 is 46.7 Å². The lowest BCUT2D eigenvalue weighted by molar-refractivity contribution is -0.144. The van der Waals surface area contributed by atoms with Gasteiger partial charge in [-0.15, -0.1) is 0 Å². The second kappa shape index (κ2) is 12.7. The maximum atomic E-state index is 12.1. The normalized spacial score (nSPS) is 13.0. The smallest absolute Gasteiger partial charge is 0.462 e. The van der Waals surface area contributed by atoms with Gasteiger partial charge in [-0.05, 0) is 30.4 Å². The van der Waals surface area contributed by atoms with E-state index in [1.165, 1.54) is 18.2 Å². The van der Waals surface area contributed by atoms with Crippen molar-refractivity contribution in [2.75, 3.05) is 46.0 Å². The Morgan fingerprint density at radius 1 is 0.938 bits per heavy atom. The molecule has 0 saturated heterocycles. The predicted octanol–water partition coefficient (Wildman–Crippen LogP) is 2.09. The van der Waals surface area contributed by atoms with Crippen molar-refractivity contribution in [2.45, 2.75) is 18.9 Å². The molecule has 0 fully saturated rings. The lowest BCUT2D eigenvalue weighted by Crippen LogP contribution is -2.42. The first-order valence-corrected chi connectivity index (χ1v) is 12.9. The van der Waals surface area contributed by atoms with E-state index in [0.717, 1.165) is 12.2 Å². The number of fused-ring (bicyclic) bond motifs is 1. The van der Waals surface area contributed by atoms with Crippen molar-refractivity contribution in [1.29, 1.82) is 0 Å². The molecule has 0 aliphatic carbocycles. The number of ether oxygens (including phenoxy) is 3. The quantitative estimate of drug-likeness (QED) is 0.126.